The summed E-state index contributed by atoms with van der Waals surface area (Å²) in [6, 6.07) is 13.3. The van der Waals surface area contributed by atoms with Crippen LogP contribution in [0.2, 0.25) is 5.02 Å². The smallest absolute Gasteiger partial charge is 0.240 e. The molecule has 4 rings (SSSR count). The fraction of sp³-hybridized carbons (Fsp3) is 0.238. The summed E-state index contributed by atoms with van der Waals surface area (Å²) >= 11 is 7.26. The number of halogens is 1. The number of carbonyl (C=O) groups excluding carboxylic acids is 1. The third kappa shape index (κ3) is 6.27. The Morgan fingerprint density at radius 3 is 2.71 bits per heavy atom. The monoisotopic (exact) mass is 477 g/mol. The number of thiazole rings is 1. The number of aromatic nitrogens is 1. The van der Waals surface area contributed by atoms with Gasteiger partial charge in [0.15, 0.2) is 0 Å². The van der Waals surface area contributed by atoms with Gasteiger partial charge in [-0.25, -0.2) is 18.1 Å². The van der Waals surface area contributed by atoms with Crippen molar-refractivity contribution >= 4 is 44.6 Å². The number of rotatable bonds is 9. The van der Waals surface area contributed by atoms with Crippen LogP contribution in [0.1, 0.15) is 23.5 Å². The van der Waals surface area contributed by atoms with E-state index in [0.29, 0.717) is 28.8 Å². The highest BCUT2D eigenvalue weighted by atomic mass is 35.5. The van der Waals surface area contributed by atoms with Crippen molar-refractivity contribution in [1.82, 2.24) is 9.71 Å². The zero-order valence-corrected chi connectivity index (χ0v) is 18.8. The maximum Gasteiger partial charge on any atom is 0.240 e. The van der Waals surface area contributed by atoms with E-state index in [4.69, 9.17) is 16.3 Å². The van der Waals surface area contributed by atoms with Gasteiger partial charge in [-0.3, -0.25) is 4.79 Å². The molecule has 1 heterocycles. The molecule has 10 heteroatoms. The third-order valence-corrected chi connectivity index (χ3v) is 7.09. The number of nitrogens with zero attached hydrogens (tertiary/aromatic N) is 1. The molecule has 162 valence electrons. The standard InChI is InChI=1S/C21H20ClN3O4S2/c22-14-4-8-18(9-5-14)29-12-21-24-17(13-30-21)11-20(26)23-16-2-1-3-19(10-16)31(27,28)25-15-6-7-15/h1-5,8-10,13,15,25H,6-7,11-12H2,(H,23,26). The van der Waals surface area contributed by atoms with Crippen LogP contribution < -0.4 is 14.8 Å². The zero-order chi connectivity index (χ0) is 21.8. The molecule has 1 aliphatic rings. The first-order chi connectivity index (χ1) is 14.9. The van der Waals surface area contributed by atoms with Crippen LogP contribution in [0.25, 0.3) is 0 Å². The van der Waals surface area contributed by atoms with Gasteiger partial charge < -0.3 is 10.1 Å². The first-order valence-corrected chi connectivity index (χ1v) is 12.4. The molecule has 2 aromatic carbocycles. The van der Waals surface area contributed by atoms with Gasteiger partial charge in [0.05, 0.1) is 17.0 Å². The molecule has 1 amide bonds. The molecule has 0 unspecified atom stereocenters. The Bertz CT molecular complexity index is 1180. The van der Waals surface area contributed by atoms with E-state index in [9.17, 15) is 13.2 Å². The average Bonchev–Trinajstić information content (AvgIpc) is 3.43. The number of hydrogen-bond acceptors (Lipinski definition) is 6. The molecule has 0 radical (unpaired) electrons. The van der Waals surface area contributed by atoms with Crippen LogP contribution in [0.5, 0.6) is 5.75 Å². The number of amides is 1. The molecule has 3 aromatic rings. The number of carbonyl (C=O) groups is 1. The predicted molar refractivity (Wildman–Crippen MR) is 120 cm³/mol. The minimum absolute atomic E-state index is 0.0192. The molecular weight excluding hydrogens is 458 g/mol. The van der Waals surface area contributed by atoms with E-state index in [1.54, 1.807) is 41.8 Å². The molecular formula is C21H20ClN3O4S2. The van der Waals surface area contributed by atoms with Crippen LogP contribution in [-0.4, -0.2) is 25.4 Å². The highest BCUT2D eigenvalue weighted by molar-refractivity contribution is 7.89. The Kier molecular flexibility index (Phi) is 6.57. The minimum Gasteiger partial charge on any atom is -0.486 e. The lowest BCUT2D eigenvalue weighted by Gasteiger charge is -2.08. The molecule has 0 saturated heterocycles. The van der Waals surface area contributed by atoms with Crippen LogP contribution in [0.15, 0.2) is 58.8 Å². The van der Waals surface area contributed by atoms with Crippen LogP contribution in [0.4, 0.5) is 5.69 Å². The summed E-state index contributed by atoms with van der Waals surface area (Å²) in [7, 11) is -3.58. The van der Waals surface area contributed by atoms with Gasteiger partial charge in [0.1, 0.15) is 17.4 Å². The van der Waals surface area contributed by atoms with Crippen molar-refractivity contribution in [1.29, 1.82) is 0 Å². The fourth-order valence-electron chi connectivity index (χ4n) is 2.77. The van der Waals surface area contributed by atoms with Gasteiger partial charge in [-0.15, -0.1) is 11.3 Å². The number of nitrogens with one attached hydrogen (secondary N) is 2. The number of hydrogen-bond donors (Lipinski definition) is 2. The Labute approximate surface area is 189 Å². The summed E-state index contributed by atoms with van der Waals surface area (Å²) in [5.74, 6) is 0.407. The Balaban J connectivity index is 1.32. The Morgan fingerprint density at radius 2 is 1.97 bits per heavy atom. The van der Waals surface area contributed by atoms with E-state index in [-0.39, 0.29) is 23.3 Å². The summed E-state index contributed by atoms with van der Waals surface area (Å²) in [5, 5.41) is 5.92. The van der Waals surface area contributed by atoms with Crippen LogP contribution in [-0.2, 0) is 27.8 Å². The van der Waals surface area contributed by atoms with E-state index in [1.165, 1.54) is 23.5 Å². The van der Waals surface area contributed by atoms with Gasteiger partial charge in [-0.2, -0.15) is 0 Å². The molecule has 1 saturated carbocycles. The van der Waals surface area contributed by atoms with E-state index < -0.39 is 10.0 Å². The van der Waals surface area contributed by atoms with Crippen LogP contribution >= 0.6 is 22.9 Å². The van der Waals surface area contributed by atoms with Gasteiger partial charge in [0.2, 0.25) is 15.9 Å². The largest absolute Gasteiger partial charge is 0.486 e. The van der Waals surface area contributed by atoms with E-state index in [2.05, 4.69) is 15.0 Å². The summed E-state index contributed by atoms with van der Waals surface area (Å²) in [4.78, 5) is 16.9. The van der Waals surface area contributed by atoms with Crippen molar-refractivity contribution in [2.75, 3.05) is 5.32 Å². The number of sulfonamides is 1. The number of benzene rings is 2. The van der Waals surface area contributed by atoms with Gasteiger partial charge in [0, 0.05) is 22.1 Å². The molecule has 0 aliphatic heterocycles. The van der Waals surface area contributed by atoms with E-state index in [1.807, 2.05) is 0 Å². The lowest BCUT2D eigenvalue weighted by molar-refractivity contribution is -0.115. The maximum absolute atomic E-state index is 12.4. The van der Waals surface area contributed by atoms with Crippen molar-refractivity contribution in [2.24, 2.45) is 0 Å². The van der Waals surface area contributed by atoms with Gasteiger partial charge in [0.25, 0.3) is 0 Å². The lowest BCUT2D eigenvalue weighted by atomic mass is 10.3. The SMILES string of the molecule is O=C(Cc1csc(COc2ccc(Cl)cc2)n1)Nc1cccc(S(=O)(=O)NC2CC2)c1. The van der Waals surface area contributed by atoms with Crippen molar-refractivity contribution in [3.8, 4) is 5.75 Å². The third-order valence-electron chi connectivity index (χ3n) is 4.44. The lowest BCUT2D eigenvalue weighted by Crippen LogP contribution is -2.25. The van der Waals surface area contributed by atoms with Gasteiger partial charge in [-0.05, 0) is 55.3 Å². The van der Waals surface area contributed by atoms with Gasteiger partial charge in [-0.1, -0.05) is 17.7 Å². The number of anilines is 1. The predicted octanol–water partition coefficient (Wildman–Crippen LogP) is 4.00. The summed E-state index contributed by atoms with van der Waals surface area (Å²) in [6.45, 7) is 0.293. The zero-order valence-electron chi connectivity index (χ0n) is 16.4. The van der Waals surface area contributed by atoms with Crippen LogP contribution in [0.3, 0.4) is 0 Å². The molecule has 1 aliphatic carbocycles. The summed E-state index contributed by atoms with van der Waals surface area (Å²) in [6.07, 6.45) is 1.79. The molecule has 31 heavy (non-hydrogen) atoms. The highest BCUT2D eigenvalue weighted by Gasteiger charge is 2.28. The van der Waals surface area contributed by atoms with Crippen molar-refractivity contribution in [2.45, 2.75) is 36.8 Å². The molecule has 7 nitrogen and oxygen atoms in total. The molecule has 1 aromatic heterocycles. The molecule has 2 N–H and O–H groups in total. The average molecular weight is 478 g/mol. The van der Waals surface area contributed by atoms with Gasteiger partial charge >= 0.3 is 0 Å². The summed E-state index contributed by atoms with van der Waals surface area (Å²) in [5.41, 5.74) is 1.04. The molecule has 1 fully saturated rings. The number of ether oxygens (including phenoxy) is 1. The topological polar surface area (TPSA) is 97.4 Å². The minimum atomic E-state index is -3.58. The first kappa shape index (κ1) is 21.8. The second kappa shape index (κ2) is 9.35. The van der Waals surface area contributed by atoms with E-state index in [0.717, 1.165) is 17.8 Å². The summed E-state index contributed by atoms with van der Waals surface area (Å²) < 4.78 is 33.0. The Hall–Kier alpha value is -2.46. The quantitative estimate of drug-likeness (QED) is 0.485. The molecule has 0 spiro atoms. The van der Waals surface area contributed by atoms with E-state index >= 15 is 0 Å². The fourth-order valence-corrected chi connectivity index (χ4v) is 4.95. The second-order valence-electron chi connectivity index (χ2n) is 7.12. The second-order valence-corrected chi connectivity index (χ2v) is 10.2. The van der Waals surface area contributed by atoms with Crippen molar-refractivity contribution in [3.05, 3.63) is 69.6 Å². The van der Waals surface area contributed by atoms with Crippen molar-refractivity contribution in [3.63, 3.8) is 0 Å². The molecule has 0 atom stereocenters. The van der Waals surface area contributed by atoms with Crippen LogP contribution in [0, 0.1) is 0 Å². The van der Waals surface area contributed by atoms with Crippen molar-refractivity contribution < 1.29 is 17.9 Å². The normalized spacial score (nSPS) is 13.7. The maximum atomic E-state index is 12.4. The molecule has 0 bridgehead atoms. The first-order valence-electron chi connectivity index (χ1n) is 9.61. The Morgan fingerprint density at radius 1 is 1.19 bits per heavy atom. The highest BCUT2D eigenvalue weighted by Crippen LogP contribution is 2.23.